The van der Waals surface area contributed by atoms with Crippen molar-refractivity contribution in [1.29, 1.82) is 0 Å². The highest BCUT2D eigenvalue weighted by Crippen LogP contribution is 2.23. The van der Waals surface area contributed by atoms with Gasteiger partial charge in [0.25, 0.3) is 0 Å². The lowest BCUT2D eigenvalue weighted by atomic mass is 9.93. The van der Waals surface area contributed by atoms with Crippen molar-refractivity contribution in [3.8, 4) is 0 Å². The second-order valence-electron chi connectivity index (χ2n) is 7.57. The highest BCUT2D eigenvalue weighted by molar-refractivity contribution is 5.76. The number of hydrogen-bond acceptors (Lipinski definition) is 3. The van der Waals surface area contributed by atoms with E-state index in [-0.39, 0.29) is 12.1 Å². The molecule has 0 aliphatic heterocycles. The van der Waals surface area contributed by atoms with Crippen molar-refractivity contribution in [2.24, 2.45) is 0 Å². The molecule has 1 amide bonds. The topological polar surface area (TPSA) is 66.8 Å². The van der Waals surface area contributed by atoms with Gasteiger partial charge in [0.1, 0.15) is 5.60 Å². The number of aliphatic carboxylic acids is 1. The lowest BCUT2D eigenvalue weighted by Crippen LogP contribution is -2.40. The summed E-state index contributed by atoms with van der Waals surface area (Å²) >= 11 is 0. The smallest absolute Gasteiger partial charge is 0.410 e. The fourth-order valence-electron chi connectivity index (χ4n) is 2.60. The van der Waals surface area contributed by atoms with Gasteiger partial charge in [0, 0.05) is 13.1 Å². The number of carbonyl (C=O) groups excluding carboxylic acids is 1. The van der Waals surface area contributed by atoms with E-state index in [2.05, 4.69) is 0 Å². The van der Waals surface area contributed by atoms with Gasteiger partial charge in [-0.25, -0.2) is 4.79 Å². The molecule has 1 rings (SSSR count). The number of nitrogens with zero attached hydrogens (tertiary/aromatic N) is 1. The largest absolute Gasteiger partial charge is 0.481 e. The van der Waals surface area contributed by atoms with Gasteiger partial charge in [-0.1, -0.05) is 37.6 Å². The summed E-state index contributed by atoms with van der Waals surface area (Å²) in [5, 5.41) is 9.34. The van der Waals surface area contributed by atoms with Gasteiger partial charge in [-0.2, -0.15) is 0 Å². The molecule has 0 fully saturated rings. The van der Waals surface area contributed by atoms with Crippen molar-refractivity contribution in [3.63, 3.8) is 0 Å². The van der Waals surface area contributed by atoms with Gasteiger partial charge in [-0.3, -0.25) is 4.79 Å². The van der Waals surface area contributed by atoms with Crippen molar-refractivity contribution < 1.29 is 19.4 Å². The van der Waals surface area contributed by atoms with E-state index < -0.39 is 17.5 Å². The van der Waals surface area contributed by atoms with E-state index in [1.165, 1.54) is 0 Å². The Labute approximate surface area is 151 Å². The van der Waals surface area contributed by atoms with E-state index in [9.17, 15) is 14.7 Å². The second-order valence-corrected chi connectivity index (χ2v) is 7.57. The van der Waals surface area contributed by atoms with Crippen LogP contribution in [0.1, 0.15) is 64.5 Å². The van der Waals surface area contributed by atoms with Crippen LogP contribution in [0, 0.1) is 0 Å². The molecule has 0 saturated heterocycles. The number of ether oxygens (including phenoxy) is 1. The van der Waals surface area contributed by atoms with Crippen LogP contribution in [-0.2, 0) is 16.0 Å². The second kappa shape index (κ2) is 8.88. The molecule has 5 nitrogen and oxygen atoms in total. The Balaban J connectivity index is 2.73. The van der Waals surface area contributed by atoms with Crippen LogP contribution in [-0.4, -0.2) is 40.8 Å². The summed E-state index contributed by atoms with van der Waals surface area (Å²) in [6, 6.07) is 7.63. The Bertz CT molecular complexity index is 574. The molecule has 1 N–H and O–H groups in total. The third kappa shape index (κ3) is 6.77. The summed E-state index contributed by atoms with van der Waals surface area (Å²) in [7, 11) is 1.73. The Kier molecular flexibility index (Phi) is 7.46. The normalized spacial score (nSPS) is 13.8. The summed E-state index contributed by atoms with van der Waals surface area (Å²) in [5.74, 6) is -1.24. The number of carboxylic acids is 1. The molecule has 25 heavy (non-hydrogen) atoms. The number of hydrogen-bond donors (Lipinski definition) is 1. The Morgan fingerprint density at radius 2 is 1.76 bits per heavy atom. The Morgan fingerprint density at radius 1 is 1.20 bits per heavy atom. The fourth-order valence-corrected chi connectivity index (χ4v) is 2.60. The third-order valence-electron chi connectivity index (χ3n) is 4.13. The Morgan fingerprint density at radius 3 is 2.20 bits per heavy atom. The maximum Gasteiger partial charge on any atom is 0.410 e. The number of carboxylic acid groups (broad SMARTS) is 1. The van der Waals surface area contributed by atoms with E-state index in [0.717, 1.165) is 17.5 Å². The van der Waals surface area contributed by atoms with E-state index in [1.807, 2.05) is 58.9 Å². The van der Waals surface area contributed by atoms with Gasteiger partial charge in [0.2, 0.25) is 0 Å². The average Bonchev–Trinajstić information content (AvgIpc) is 2.50. The van der Waals surface area contributed by atoms with Crippen molar-refractivity contribution in [2.75, 3.05) is 7.05 Å². The number of likely N-dealkylation sites (N-methyl/N-ethyl adjacent to an activating group) is 1. The summed E-state index contributed by atoms with van der Waals surface area (Å²) in [6.45, 7) is 9.49. The zero-order valence-corrected chi connectivity index (χ0v) is 16.2. The van der Waals surface area contributed by atoms with E-state index in [4.69, 9.17) is 4.74 Å². The van der Waals surface area contributed by atoms with Gasteiger partial charge in [-0.15, -0.1) is 0 Å². The molecule has 0 heterocycles. The lowest BCUT2D eigenvalue weighted by Gasteiger charge is -2.28. The number of rotatable bonds is 7. The van der Waals surface area contributed by atoms with Crippen LogP contribution in [0.15, 0.2) is 24.3 Å². The van der Waals surface area contributed by atoms with Gasteiger partial charge in [0.15, 0.2) is 0 Å². The Hall–Kier alpha value is -2.04. The molecule has 0 saturated carbocycles. The van der Waals surface area contributed by atoms with Gasteiger partial charge in [-0.05, 0) is 51.7 Å². The first-order valence-corrected chi connectivity index (χ1v) is 8.82. The molecular formula is C20H31NO4. The molecule has 0 bridgehead atoms. The van der Waals surface area contributed by atoms with E-state index in [0.29, 0.717) is 12.8 Å². The zero-order chi connectivity index (χ0) is 19.2. The minimum absolute atomic E-state index is 0.0217. The average molecular weight is 349 g/mol. The summed E-state index contributed by atoms with van der Waals surface area (Å²) in [4.78, 5) is 25.1. The molecule has 140 valence electrons. The molecule has 5 heteroatoms. The van der Waals surface area contributed by atoms with Gasteiger partial charge >= 0.3 is 12.1 Å². The fraction of sp³-hybridized carbons (Fsp3) is 0.600. The SMILES string of the molecule is CCCC(C(=O)O)c1ccc(CC(C)N(C)C(=O)OC(C)(C)C)cc1. The molecule has 2 unspecified atom stereocenters. The maximum atomic E-state index is 12.1. The standard InChI is InChI=1S/C20H31NO4/c1-7-8-17(18(22)23)16-11-9-15(10-12-16)13-14(2)21(6)19(24)25-20(3,4)5/h9-12,14,17H,7-8,13H2,1-6H3,(H,22,23). The van der Waals surface area contributed by atoms with E-state index in [1.54, 1.807) is 11.9 Å². The molecule has 1 aromatic rings. The molecule has 2 atom stereocenters. The number of amides is 1. The summed E-state index contributed by atoms with van der Waals surface area (Å²) < 4.78 is 5.38. The molecule has 0 spiro atoms. The summed E-state index contributed by atoms with van der Waals surface area (Å²) in [6.07, 6.45) is 1.80. The van der Waals surface area contributed by atoms with Crippen LogP contribution in [0.5, 0.6) is 0 Å². The minimum Gasteiger partial charge on any atom is -0.481 e. The molecular weight excluding hydrogens is 318 g/mol. The van der Waals surface area contributed by atoms with Crippen molar-refractivity contribution >= 4 is 12.1 Å². The lowest BCUT2D eigenvalue weighted by molar-refractivity contribution is -0.139. The maximum absolute atomic E-state index is 12.1. The first-order valence-electron chi connectivity index (χ1n) is 8.82. The first kappa shape index (κ1) is 21.0. The van der Waals surface area contributed by atoms with Gasteiger partial charge in [0.05, 0.1) is 5.92 Å². The first-order chi connectivity index (χ1) is 11.5. The van der Waals surface area contributed by atoms with Crippen LogP contribution in [0.3, 0.4) is 0 Å². The van der Waals surface area contributed by atoms with Crippen molar-refractivity contribution in [2.45, 2.75) is 71.4 Å². The third-order valence-corrected chi connectivity index (χ3v) is 4.13. The molecule has 0 radical (unpaired) electrons. The number of benzene rings is 1. The van der Waals surface area contributed by atoms with Crippen LogP contribution >= 0.6 is 0 Å². The zero-order valence-electron chi connectivity index (χ0n) is 16.2. The molecule has 0 aliphatic rings. The van der Waals surface area contributed by atoms with E-state index >= 15 is 0 Å². The van der Waals surface area contributed by atoms with Crippen molar-refractivity contribution in [3.05, 3.63) is 35.4 Å². The molecule has 0 aliphatic carbocycles. The molecule has 1 aromatic carbocycles. The minimum atomic E-state index is -0.785. The highest BCUT2D eigenvalue weighted by atomic mass is 16.6. The monoisotopic (exact) mass is 349 g/mol. The van der Waals surface area contributed by atoms with Gasteiger partial charge < -0.3 is 14.7 Å². The predicted molar refractivity (Wildman–Crippen MR) is 98.9 cm³/mol. The quantitative estimate of drug-likeness (QED) is 0.789. The van der Waals surface area contributed by atoms with Crippen LogP contribution in [0.25, 0.3) is 0 Å². The van der Waals surface area contributed by atoms with Crippen LogP contribution in [0.4, 0.5) is 4.79 Å². The van der Waals surface area contributed by atoms with Crippen LogP contribution < -0.4 is 0 Å². The highest BCUT2D eigenvalue weighted by Gasteiger charge is 2.23. The summed E-state index contributed by atoms with van der Waals surface area (Å²) in [5.41, 5.74) is 1.37. The molecule has 0 aromatic heterocycles. The number of carbonyl (C=O) groups is 2. The van der Waals surface area contributed by atoms with Crippen LogP contribution in [0.2, 0.25) is 0 Å². The van der Waals surface area contributed by atoms with Crippen molar-refractivity contribution in [1.82, 2.24) is 4.90 Å². The predicted octanol–water partition coefficient (Wildman–Crippen LogP) is 4.45.